The van der Waals surface area contributed by atoms with Crippen molar-refractivity contribution in [2.24, 2.45) is 0 Å². The van der Waals surface area contributed by atoms with Crippen LogP contribution in [0.3, 0.4) is 0 Å². The first-order valence-electron chi connectivity index (χ1n) is 7.51. The Kier molecular flexibility index (Phi) is 4.02. The third-order valence-electron chi connectivity index (χ3n) is 3.74. The molecule has 0 atom stereocenters. The molecule has 3 rings (SSSR count). The molecule has 0 unspecified atom stereocenters. The van der Waals surface area contributed by atoms with Crippen LogP contribution in [0.25, 0.3) is 0 Å². The van der Waals surface area contributed by atoms with E-state index in [0.29, 0.717) is 28.6 Å². The molecule has 0 saturated heterocycles. The second-order valence-corrected chi connectivity index (χ2v) is 5.75. The molecule has 0 saturated carbocycles. The Hall–Kier alpha value is -2.82. The fourth-order valence-electron chi connectivity index (χ4n) is 2.42. The number of anilines is 2. The third kappa shape index (κ3) is 3.18. The molecule has 2 N–H and O–H groups in total. The minimum Gasteiger partial charge on any atom is -0.481 e. The minimum atomic E-state index is -0.236. The maximum absolute atomic E-state index is 12.4. The normalized spacial score (nSPS) is 13.1. The van der Waals surface area contributed by atoms with Crippen molar-refractivity contribution >= 4 is 23.2 Å². The molecule has 2 aromatic rings. The Morgan fingerprint density at radius 3 is 2.61 bits per heavy atom. The molecule has 1 aliphatic heterocycles. The Bertz CT molecular complexity index is 751. The zero-order valence-corrected chi connectivity index (χ0v) is 13.1. The van der Waals surface area contributed by atoms with Gasteiger partial charge < -0.3 is 15.4 Å². The third-order valence-corrected chi connectivity index (χ3v) is 3.74. The van der Waals surface area contributed by atoms with E-state index in [4.69, 9.17) is 4.74 Å². The minimum absolute atomic E-state index is 0.0128. The van der Waals surface area contributed by atoms with E-state index in [1.165, 1.54) is 5.56 Å². The van der Waals surface area contributed by atoms with Gasteiger partial charge in [0.05, 0.1) is 5.69 Å². The Labute approximate surface area is 134 Å². The Balaban J connectivity index is 1.82. The van der Waals surface area contributed by atoms with E-state index in [-0.39, 0.29) is 18.4 Å². The molecule has 23 heavy (non-hydrogen) atoms. The first-order chi connectivity index (χ1) is 11.0. The smallest absolute Gasteiger partial charge is 0.262 e. The van der Waals surface area contributed by atoms with Gasteiger partial charge in [-0.3, -0.25) is 9.59 Å². The standard InChI is InChI=1S/C18H18N2O3/c1-11(2)12-6-8-13(9-7-12)18(22)19-14-4-3-5-15-17(14)20-16(21)10-23-15/h3-9,11H,10H2,1-2H3,(H,19,22)(H,20,21). The van der Waals surface area contributed by atoms with Crippen LogP contribution in [0.1, 0.15) is 35.7 Å². The van der Waals surface area contributed by atoms with E-state index >= 15 is 0 Å². The summed E-state index contributed by atoms with van der Waals surface area (Å²) < 4.78 is 5.34. The summed E-state index contributed by atoms with van der Waals surface area (Å²) in [5, 5.41) is 5.55. The predicted octanol–water partition coefficient (Wildman–Crippen LogP) is 3.39. The summed E-state index contributed by atoms with van der Waals surface area (Å²) in [7, 11) is 0. The number of para-hydroxylation sites is 1. The quantitative estimate of drug-likeness (QED) is 0.913. The van der Waals surface area contributed by atoms with Crippen molar-refractivity contribution in [3.8, 4) is 5.75 Å². The van der Waals surface area contributed by atoms with Gasteiger partial charge in [0.1, 0.15) is 11.4 Å². The van der Waals surface area contributed by atoms with E-state index < -0.39 is 0 Å². The number of fused-ring (bicyclic) bond motifs is 1. The van der Waals surface area contributed by atoms with Crippen LogP contribution in [-0.4, -0.2) is 18.4 Å². The molecular weight excluding hydrogens is 292 g/mol. The highest BCUT2D eigenvalue weighted by molar-refractivity contribution is 6.08. The summed E-state index contributed by atoms with van der Waals surface area (Å²) in [5.74, 6) is 0.507. The molecule has 5 heteroatoms. The molecule has 0 aromatic heterocycles. The first kappa shape index (κ1) is 15.1. The number of benzene rings is 2. The number of hydrogen-bond donors (Lipinski definition) is 2. The monoisotopic (exact) mass is 310 g/mol. The molecule has 0 spiro atoms. The average molecular weight is 310 g/mol. The lowest BCUT2D eigenvalue weighted by molar-refractivity contribution is -0.118. The molecule has 2 amide bonds. The van der Waals surface area contributed by atoms with Crippen LogP contribution in [0.5, 0.6) is 5.75 Å². The number of nitrogens with one attached hydrogen (secondary N) is 2. The summed E-state index contributed by atoms with van der Waals surface area (Å²) in [4.78, 5) is 23.9. The van der Waals surface area contributed by atoms with E-state index in [2.05, 4.69) is 24.5 Å². The van der Waals surface area contributed by atoms with Gasteiger partial charge in [-0.1, -0.05) is 32.0 Å². The van der Waals surface area contributed by atoms with Crippen molar-refractivity contribution in [1.29, 1.82) is 0 Å². The highest BCUT2D eigenvalue weighted by atomic mass is 16.5. The molecule has 1 heterocycles. The summed E-state index contributed by atoms with van der Waals surface area (Å²) in [6, 6.07) is 12.8. The van der Waals surface area contributed by atoms with E-state index in [0.717, 1.165) is 0 Å². The molecule has 0 radical (unpaired) electrons. The lowest BCUT2D eigenvalue weighted by Crippen LogP contribution is -2.26. The van der Waals surface area contributed by atoms with Gasteiger partial charge in [-0.25, -0.2) is 0 Å². The Morgan fingerprint density at radius 1 is 1.17 bits per heavy atom. The van der Waals surface area contributed by atoms with Gasteiger partial charge in [-0.05, 0) is 35.7 Å². The zero-order valence-electron chi connectivity index (χ0n) is 13.1. The summed E-state index contributed by atoms with van der Waals surface area (Å²) in [6.45, 7) is 4.20. The maximum Gasteiger partial charge on any atom is 0.262 e. The SMILES string of the molecule is CC(C)c1ccc(C(=O)Nc2cccc3c2NC(=O)CO3)cc1. The van der Waals surface area contributed by atoms with Gasteiger partial charge in [-0.2, -0.15) is 0 Å². The maximum atomic E-state index is 12.4. The number of amides is 2. The van der Waals surface area contributed by atoms with Crippen molar-refractivity contribution in [2.45, 2.75) is 19.8 Å². The van der Waals surface area contributed by atoms with E-state index in [1.54, 1.807) is 30.3 Å². The van der Waals surface area contributed by atoms with Crippen LogP contribution in [-0.2, 0) is 4.79 Å². The van der Waals surface area contributed by atoms with Crippen molar-refractivity contribution in [3.05, 3.63) is 53.6 Å². The highest BCUT2D eigenvalue weighted by Crippen LogP contribution is 2.35. The zero-order chi connectivity index (χ0) is 16.4. The molecule has 0 aliphatic carbocycles. The van der Waals surface area contributed by atoms with Crippen LogP contribution in [0.2, 0.25) is 0 Å². The molecule has 0 fully saturated rings. The molecule has 1 aliphatic rings. The van der Waals surface area contributed by atoms with E-state index in [1.807, 2.05) is 12.1 Å². The number of hydrogen-bond acceptors (Lipinski definition) is 3. The van der Waals surface area contributed by atoms with Crippen molar-refractivity contribution in [3.63, 3.8) is 0 Å². The lowest BCUT2D eigenvalue weighted by Gasteiger charge is -2.20. The van der Waals surface area contributed by atoms with Crippen molar-refractivity contribution in [1.82, 2.24) is 0 Å². The topological polar surface area (TPSA) is 67.4 Å². The fraction of sp³-hybridized carbons (Fsp3) is 0.222. The van der Waals surface area contributed by atoms with Gasteiger partial charge in [0.15, 0.2) is 6.61 Å². The first-order valence-corrected chi connectivity index (χ1v) is 7.51. The lowest BCUT2D eigenvalue weighted by atomic mass is 10.0. The number of carbonyl (C=O) groups is 2. The van der Waals surface area contributed by atoms with E-state index in [9.17, 15) is 9.59 Å². The molecule has 118 valence electrons. The van der Waals surface area contributed by atoms with Crippen molar-refractivity contribution < 1.29 is 14.3 Å². The van der Waals surface area contributed by atoms with Gasteiger partial charge in [0, 0.05) is 5.56 Å². The highest BCUT2D eigenvalue weighted by Gasteiger charge is 2.20. The van der Waals surface area contributed by atoms with Crippen molar-refractivity contribution in [2.75, 3.05) is 17.2 Å². The molecular formula is C18H18N2O3. The summed E-state index contributed by atoms with van der Waals surface area (Å²) in [6.07, 6.45) is 0. The van der Waals surface area contributed by atoms with Crippen LogP contribution >= 0.6 is 0 Å². The fourth-order valence-corrected chi connectivity index (χ4v) is 2.42. The number of carbonyl (C=O) groups excluding carboxylic acids is 2. The largest absolute Gasteiger partial charge is 0.481 e. The molecule has 5 nitrogen and oxygen atoms in total. The second-order valence-electron chi connectivity index (χ2n) is 5.75. The van der Waals surface area contributed by atoms with Gasteiger partial charge >= 0.3 is 0 Å². The summed E-state index contributed by atoms with van der Waals surface area (Å²) >= 11 is 0. The summed E-state index contributed by atoms with van der Waals surface area (Å²) in [5.41, 5.74) is 2.76. The van der Waals surface area contributed by atoms with Crippen LogP contribution in [0, 0.1) is 0 Å². The van der Waals surface area contributed by atoms with Crippen LogP contribution < -0.4 is 15.4 Å². The second kappa shape index (κ2) is 6.12. The van der Waals surface area contributed by atoms with Gasteiger partial charge in [0.25, 0.3) is 11.8 Å². The molecule has 2 aromatic carbocycles. The predicted molar refractivity (Wildman–Crippen MR) is 89.1 cm³/mol. The van der Waals surface area contributed by atoms with Gasteiger partial charge in [0.2, 0.25) is 0 Å². The average Bonchev–Trinajstić information content (AvgIpc) is 2.55. The number of ether oxygens (including phenoxy) is 1. The van der Waals surface area contributed by atoms with Crippen LogP contribution in [0.4, 0.5) is 11.4 Å². The molecule has 0 bridgehead atoms. The van der Waals surface area contributed by atoms with Gasteiger partial charge in [-0.15, -0.1) is 0 Å². The number of rotatable bonds is 3. The van der Waals surface area contributed by atoms with Crippen LogP contribution in [0.15, 0.2) is 42.5 Å². The Morgan fingerprint density at radius 2 is 1.91 bits per heavy atom.